The summed E-state index contributed by atoms with van der Waals surface area (Å²) in [4.78, 5) is 11.7. The maximum absolute atomic E-state index is 11.7. The van der Waals surface area contributed by atoms with Crippen molar-refractivity contribution < 1.29 is 9.53 Å². The highest BCUT2D eigenvalue weighted by molar-refractivity contribution is 6.44. The topological polar surface area (TPSA) is 26.3 Å². The molecule has 0 radical (unpaired) electrons. The first-order valence-corrected chi connectivity index (χ1v) is 11.5. The van der Waals surface area contributed by atoms with Gasteiger partial charge in [-0.3, -0.25) is 4.79 Å². The van der Waals surface area contributed by atoms with E-state index >= 15 is 0 Å². The van der Waals surface area contributed by atoms with Crippen LogP contribution in [0.3, 0.4) is 0 Å². The van der Waals surface area contributed by atoms with Gasteiger partial charge in [-0.2, -0.15) is 0 Å². The lowest BCUT2D eigenvalue weighted by molar-refractivity contribution is -0.121. The van der Waals surface area contributed by atoms with Gasteiger partial charge in [0.15, 0.2) is 0 Å². The quantitative estimate of drug-likeness (QED) is 0.214. The third-order valence-corrected chi connectivity index (χ3v) is 7.75. The van der Waals surface area contributed by atoms with Gasteiger partial charge in [-0.15, -0.1) is 0 Å². The van der Waals surface area contributed by atoms with Crippen molar-refractivity contribution in [2.24, 2.45) is 0 Å². The van der Waals surface area contributed by atoms with Gasteiger partial charge < -0.3 is 4.74 Å². The number of hydrogen-bond acceptors (Lipinski definition) is 2. The molecule has 1 aliphatic carbocycles. The maximum Gasteiger partial charge on any atom is 0.133 e. The SMILES string of the molecule is O=C1CCC(Oc2cc3ccc4ccc5ccc6ccc7ccc2c2c7c6c5c4c32)CC1. The van der Waals surface area contributed by atoms with Crippen LogP contribution in [0.15, 0.2) is 66.7 Å². The standard InChI is InChI=1S/C30H20O2/c31-21-10-12-22(13-11-21)32-24-15-20-8-7-18-4-2-16-1-3-17-5-6-19-9-14-23(24)30-28(19)26(17)25(16)27(18)29(20)30/h1-9,14-15,22H,10-13H2. The summed E-state index contributed by atoms with van der Waals surface area (Å²) in [6, 6.07) is 24.7. The Labute approximate surface area is 184 Å². The summed E-state index contributed by atoms with van der Waals surface area (Å²) < 4.78 is 6.60. The number of ether oxygens (including phenoxy) is 1. The molecule has 2 nitrogen and oxygen atoms in total. The molecule has 0 N–H and O–H groups in total. The molecule has 1 saturated carbocycles. The Morgan fingerprint density at radius 2 is 1.00 bits per heavy atom. The Morgan fingerprint density at radius 1 is 0.562 bits per heavy atom. The molecule has 32 heavy (non-hydrogen) atoms. The minimum atomic E-state index is 0.113. The molecule has 0 spiro atoms. The highest BCUT2D eigenvalue weighted by atomic mass is 16.5. The van der Waals surface area contributed by atoms with Crippen LogP contribution in [-0.4, -0.2) is 11.9 Å². The highest BCUT2D eigenvalue weighted by Gasteiger charge is 2.24. The highest BCUT2D eigenvalue weighted by Crippen LogP contribution is 2.50. The number of hydrogen-bond donors (Lipinski definition) is 0. The molecule has 7 aromatic carbocycles. The summed E-state index contributed by atoms with van der Waals surface area (Å²) in [5.74, 6) is 1.32. The van der Waals surface area contributed by atoms with E-state index in [-0.39, 0.29) is 6.10 Å². The fourth-order valence-corrected chi connectivity index (χ4v) is 6.26. The monoisotopic (exact) mass is 412 g/mol. The molecule has 7 aromatic rings. The van der Waals surface area contributed by atoms with Gasteiger partial charge in [0, 0.05) is 23.6 Å². The first-order chi connectivity index (χ1) is 15.8. The predicted octanol–water partition coefficient (Wildman–Crippen LogP) is 7.81. The van der Waals surface area contributed by atoms with Crippen LogP contribution in [0.25, 0.3) is 64.6 Å². The number of rotatable bonds is 2. The van der Waals surface area contributed by atoms with E-state index in [0.29, 0.717) is 18.6 Å². The Balaban J connectivity index is 1.56. The van der Waals surface area contributed by atoms with E-state index in [9.17, 15) is 4.79 Å². The van der Waals surface area contributed by atoms with Gasteiger partial charge in [0.05, 0.1) is 6.10 Å². The molecule has 1 fully saturated rings. The number of Topliss-reactive ketones (excluding diaryl/α,β-unsaturated/α-hetero) is 1. The van der Waals surface area contributed by atoms with Crippen molar-refractivity contribution in [2.75, 3.05) is 0 Å². The van der Waals surface area contributed by atoms with E-state index in [2.05, 4.69) is 66.7 Å². The lowest BCUT2D eigenvalue weighted by atomic mass is 9.82. The van der Waals surface area contributed by atoms with Crippen molar-refractivity contribution >= 4 is 70.4 Å². The number of carbonyl (C=O) groups is 1. The molecule has 0 bridgehead atoms. The first-order valence-electron chi connectivity index (χ1n) is 11.5. The molecular formula is C30H20O2. The minimum absolute atomic E-state index is 0.113. The van der Waals surface area contributed by atoms with Gasteiger partial charge in [-0.05, 0) is 78.8 Å². The molecule has 0 saturated heterocycles. The van der Waals surface area contributed by atoms with Crippen molar-refractivity contribution in [2.45, 2.75) is 31.8 Å². The molecule has 2 heteroatoms. The van der Waals surface area contributed by atoms with Gasteiger partial charge in [-0.1, -0.05) is 54.6 Å². The molecule has 0 amide bonds. The molecule has 1 aliphatic rings. The minimum Gasteiger partial charge on any atom is -0.490 e. The normalized spacial score (nSPS) is 16.2. The van der Waals surface area contributed by atoms with Gasteiger partial charge >= 0.3 is 0 Å². The third kappa shape index (κ3) is 2.03. The number of ketones is 1. The largest absolute Gasteiger partial charge is 0.490 e. The van der Waals surface area contributed by atoms with E-state index in [1.807, 2.05) is 0 Å². The lowest BCUT2D eigenvalue weighted by Gasteiger charge is -2.25. The second-order valence-corrected chi connectivity index (χ2v) is 9.47. The molecule has 0 heterocycles. The van der Waals surface area contributed by atoms with Crippen LogP contribution in [0.5, 0.6) is 5.75 Å². The summed E-state index contributed by atoms with van der Waals surface area (Å²) in [6.07, 6.45) is 3.02. The zero-order valence-corrected chi connectivity index (χ0v) is 17.6. The Kier molecular flexibility index (Phi) is 3.06. The Morgan fingerprint density at radius 3 is 1.56 bits per heavy atom. The summed E-state index contributed by atoms with van der Waals surface area (Å²) >= 11 is 0. The van der Waals surface area contributed by atoms with E-state index in [1.54, 1.807) is 0 Å². The molecular weight excluding hydrogens is 392 g/mol. The van der Waals surface area contributed by atoms with Crippen LogP contribution in [-0.2, 0) is 4.79 Å². The summed E-state index contributed by atoms with van der Waals surface area (Å²) in [5.41, 5.74) is 0. The molecule has 0 aromatic heterocycles. The van der Waals surface area contributed by atoms with Crippen molar-refractivity contribution in [1.29, 1.82) is 0 Å². The van der Waals surface area contributed by atoms with Gasteiger partial charge in [0.2, 0.25) is 0 Å². The second-order valence-electron chi connectivity index (χ2n) is 9.47. The molecule has 0 unspecified atom stereocenters. The van der Waals surface area contributed by atoms with Gasteiger partial charge in [0.25, 0.3) is 0 Å². The Bertz CT molecular complexity index is 1760. The fourth-order valence-electron chi connectivity index (χ4n) is 6.26. The van der Waals surface area contributed by atoms with Crippen molar-refractivity contribution in [3.05, 3.63) is 66.7 Å². The zero-order chi connectivity index (χ0) is 21.0. The average molecular weight is 412 g/mol. The van der Waals surface area contributed by atoms with E-state index in [1.165, 1.54) is 64.6 Å². The van der Waals surface area contributed by atoms with Crippen LogP contribution in [0.1, 0.15) is 25.7 Å². The smallest absolute Gasteiger partial charge is 0.133 e. The summed E-state index contributed by atoms with van der Waals surface area (Å²) in [7, 11) is 0. The van der Waals surface area contributed by atoms with E-state index < -0.39 is 0 Å². The third-order valence-electron chi connectivity index (χ3n) is 7.75. The van der Waals surface area contributed by atoms with Crippen molar-refractivity contribution in [1.82, 2.24) is 0 Å². The van der Waals surface area contributed by atoms with E-state index in [0.717, 1.165) is 18.6 Å². The molecule has 152 valence electrons. The Hall–Kier alpha value is -3.65. The average Bonchev–Trinajstić information content (AvgIpc) is 2.84. The van der Waals surface area contributed by atoms with E-state index in [4.69, 9.17) is 4.74 Å². The second kappa shape index (κ2) is 5.77. The molecule has 0 aliphatic heterocycles. The van der Waals surface area contributed by atoms with Crippen LogP contribution >= 0.6 is 0 Å². The first kappa shape index (κ1) is 17.0. The van der Waals surface area contributed by atoms with Crippen molar-refractivity contribution in [3.63, 3.8) is 0 Å². The maximum atomic E-state index is 11.7. The summed E-state index contributed by atoms with van der Waals surface area (Å²) in [5, 5.41) is 15.8. The predicted molar refractivity (Wildman–Crippen MR) is 133 cm³/mol. The lowest BCUT2D eigenvalue weighted by Crippen LogP contribution is -2.24. The number of carbonyl (C=O) groups excluding carboxylic acids is 1. The van der Waals surface area contributed by atoms with Gasteiger partial charge in [0.1, 0.15) is 11.5 Å². The zero-order valence-electron chi connectivity index (χ0n) is 17.6. The molecule has 8 rings (SSSR count). The number of benzene rings is 7. The van der Waals surface area contributed by atoms with Crippen LogP contribution in [0.4, 0.5) is 0 Å². The molecule has 0 atom stereocenters. The van der Waals surface area contributed by atoms with Crippen LogP contribution in [0.2, 0.25) is 0 Å². The van der Waals surface area contributed by atoms with Gasteiger partial charge in [-0.25, -0.2) is 0 Å². The van der Waals surface area contributed by atoms with Crippen LogP contribution in [0, 0.1) is 0 Å². The van der Waals surface area contributed by atoms with Crippen molar-refractivity contribution in [3.8, 4) is 5.75 Å². The van der Waals surface area contributed by atoms with Crippen LogP contribution < -0.4 is 4.74 Å². The fraction of sp³-hybridized carbons (Fsp3) is 0.167. The summed E-state index contributed by atoms with van der Waals surface area (Å²) in [6.45, 7) is 0.